The Balaban J connectivity index is 2.46. The first-order valence-corrected chi connectivity index (χ1v) is 8.75. The van der Waals surface area contributed by atoms with E-state index in [1.807, 2.05) is 0 Å². The van der Waals surface area contributed by atoms with E-state index in [9.17, 15) is 0 Å². The fraction of sp³-hybridized carbons (Fsp3) is 0.889. The molecule has 3 heteroatoms. The monoisotopic (exact) mass is 298 g/mol. The maximum absolute atomic E-state index is 5.95. The third kappa shape index (κ3) is 8.60. The lowest BCUT2D eigenvalue weighted by molar-refractivity contribution is -0.157. The normalized spacial score (nSPS) is 21.5. The van der Waals surface area contributed by atoms with E-state index in [1.54, 1.807) is 7.11 Å². The molecule has 1 fully saturated rings. The Morgan fingerprint density at radius 1 is 1.24 bits per heavy atom. The summed E-state index contributed by atoms with van der Waals surface area (Å²) in [7, 11) is 1.80. The maximum atomic E-state index is 5.95. The molecule has 1 aliphatic heterocycles. The van der Waals surface area contributed by atoms with Crippen molar-refractivity contribution >= 4 is 0 Å². The largest absolute Gasteiger partial charge is 0.377 e. The Morgan fingerprint density at radius 3 is 2.67 bits per heavy atom. The highest BCUT2D eigenvalue weighted by Gasteiger charge is 2.15. The van der Waals surface area contributed by atoms with Crippen molar-refractivity contribution in [2.24, 2.45) is 0 Å². The summed E-state index contributed by atoms with van der Waals surface area (Å²) in [5.41, 5.74) is 1.37. The van der Waals surface area contributed by atoms with Gasteiger partial charge in [-0.25, -0.2) is 0 Å². The highest BCUT2D eigenvalue weighted by Crippen LogP contribution is 2.18. The van der Waals surface area contributed by atoms with Crippen LogP contribution < -0.4 is 0 Å². The van der Waals surface area contributed by atoms with Crippen LogP contribution in [0.25, 0.3) is 0 Å². The minimum absolute atomic E-state index is 0.000383. The lowest BCUT2D eigenvalue weighted by Gasteiger charge is -2.23. The second-order valence-electron chi connectivity index (χ2n) is 5.95. The number of rotatable bonds is 11. The van der Waals surface area contributed by atoms with E-state index in [2.05, 4.69) is 19.9 Å². The zero-order chi connectivity index (χ0) is 15.3. The van der Waals surface area contributed by atoms with Crippen LogP contribution in [0.2, 0.25) is 0 Å². The van der Waals surface area contributed by atoms with Crippen LogP contribution in [0.3, 0.4) is 0 Å². The summed E-state index contributed by atoms with van der Waals surface area (Å²) in [6.45, 7) is 5.98. The molecule has 0 spiro atoms. The van der Waals surface area contributed by atoms with Gasteiger partial charge in [0.05, 0.1) is 12.7 Å². The van der Waals surface area contributed by atoms with Gasteiger partial charge in [0.15, 0.2) is 6.29 Å². The molecule has 0 aliphatic carbocycles. The smallest absolute Gasteiger partial charge is 0.158 e. The molecule has 1 heterocycles. The second-order valence-corrected chi connectivity index (χ2v) is 5.95. The number of unbranched alkanes of at least 4 members (excludes halogenated alkanes) is 2. The molecule has 0 aromatic rings. The second kappa shape index (κ2) is 12.2. The Bertz CT molecular complexity index is 270. The van der Waals surface area contributed by atoms with Gasteiger partial charge in [-0.1, -0.05) is 39.2 Å². The van der Waals surface area contributed by atoms with Crippen molar-refractivity contribution in [1.29, 1.82) is 0 Å². The molecule has 2 unspecified atom stereocenters. The fourth-order valence-electron chi connectivity index (χ4n) is 2.59. The first-order chi connectivity index (χ1) is 10.3. The van der Waals surface area contributed by atoms with Crippen molar-refractivity contribution in [3.8, 4) is 0 Å². The van der Waals surface area contributed by atoms with Crippen LogP contribution in [0, 0.1) is 0 Å². The molecule has 1 saturated heterocycles. The van der Waals surface area contributed by atoms with Crippen molar-refractivity contribution in [2.45, 2.75) is 84.0 Å². The number of hydrogen-bond donors (Lipinski definition) is 0. The molecule has 0 aromatic carbocycles. The fourth-order valence-corrected chi connectivity index (χ4v) is 2.59. The van der Waals surface area contributed by atoms with Crippen molar-refractivity contribution in [3.63, 3.8) is 0 Å². The Kier molecular flexibility index (Phi) is 10.8. The summed E-state index contributed by atoms with van der Waals surface area (Å²) in [6, 6.07) is 0. The number of ether oxygens (including phenoxy) is 3. The first kappa shape index (κ1) is 18.7. The molecular weight excluding hydrogens is 264 g/mol. The summed E-state index contributed by atoms with van der Waals surface area (Å²) in [5, 5.41) is 0. The molecule has 0 aromatic heterocycles. The Morgan fingerprint density at radius 2 is 2.05 bits per heavy atom. The average Bonchev–Trinajstić information content (AvgIpc) is 2.54. The van der Waals surface area contributed by atoms with Gasteiger partial charge in [0.1, 0.15) is 0 Å². The molecule has 0 radical (unpaired) electrons. The van der Waals surface area contributed by atoms with Crippen LogP contribution in [-0.2, 0) is 14.2 Å². The molecule has 0 bridgehead atoms. The highest BCUT2D eigenvalue weighted by molar-refractivity contribution is 5.06. The van der Waals surface area contributed by atoms with E-state index < -0.39 is 0 Å². The molecule has 0 amide bonds. The molecule has 1 aliphatic rings. The van der Waals surface area contributed by atoms with Gasteiger partial charge in [0, 0.05) is 13.7 Å². The molecule has 2 atom stereocenters. The quantitative estimate of drug-likeness (QED) is 0.510. The molecule has 0 N–H and O–H groups in total. The summed E-state index contributed by atoms with van der Waals surface area (Å²) < 4.78 is 17.2. The summed E-state index contributed by atoms with van der Waals surface area (Å²) in [6.07, 6.45) is 13.0. The first-order valence-electron chi connectivity index (χ1n) is 8.75. The molecule has 124 valence electrons. The SMILES string of the molecule is CCCC/C(=C/C(CCCC)OC)COC1CCCCO1. The lowest BCUT2D eigenvalue weighted by Crippen LogP contribution is -2.23. The van der Waals surface area contributed by atoms with Crippen LogP contribution in [0.15, 0.2) is 11.6 Å². The summed E-state index contributed by atoms with van der Waals surface area (Å²) in [4.78, 5) is 0. The number of methoxy groups -OCH3 is 1. The minimum Gasteiger partial charge on any atom is -0.377 e. The van der Waals surface area contributed by atoms with Gasteiger partial charge in [0.25, 0.3) is 0 Å². The molecule has 3 nitrogen and oxygen atoms in total. The highest BCUT2D eigenvalue weighted by atomic mass is 16.7. The lowest BCUT2D eigenvalue weighted by atomic mass is 10.0. The van der Waals surface area contributed by atoms with Gasteiger partial charge in [-0.05, 0) is 44.1 Å². The molecule has 21 heavy (non-hydrogen) atoms. The summed E-state index contributed by atoms with van der Waals surface area (Å²) in [5.74, 6) is 0. The zero-order valence-corrected chi connectivity index (χ0v) is 14.2. The van der Waals surface area contributed by atoms with E-state index in [-0.39, 0.29) is 12.4 Å². The number of hydrogen-bond acceptors (Lipinski definition) is 3. The van der Waals surface area contributed by atoms with Crippen molar-refractivity contribution in [1.82, 2.24) is 0 Å². The average molecular weight is 298 g/mol. The van der Waals surface area contributed by atoms with Gasteiger partial charge in [-0.3, -0.25) is 0 Å². The van der Waals surface area contributed by atoms with Crippen LogP contribution in [0.1, 0.15) is 71.6 Å². The predicted octanol–water partition coefficient (Wildman–Crippen LogP) is 4.85. The minimum atomic E-state index is 0.000383. The van der Waals surface area contributed by atoms with E-state index in [0.717, 1.165) is 25.9 Å². The predicted molar refractivity (Wildman–Crippen MR) is 87.5 cm³/mol. The maximum Gasteiger partial charge on any atom is 0.158 e. The van der Waals surface area contributed by atoms with E-state index in [1.165, 1.54) is 44.1 Å². The summed E-state index contributed by atoms with van der Waals surface area (Å²) >= 11 is 0. The molecule has 1 rings (SSSR count). The van der Waals surface area contributed by atoms with Crippen LogP contribution >= 0.6 is 0 Å². The van der Waals surface area contributed by atoms with Gasteiger partial charge in [0.2, 0.25) is 0 Å². The van der Waals surface area contributed by atoms with Gasteiger partial charge in [-0.15, -0.1) is 0 Å². The van der Waals surface area contributed by atoms with E-state index >= 15 is 0 Å². The van der Waals surface area contributed by atoms with Gasteiger partial charge >= 0.3 is 0 Å². The molecule has 0 saturated carbocycles. The third-order valence-corrected chi connectivity index (χ3v) is 4.01. The van der Waals surface area contributed by atoms with Gasteiger partial charge < -0.3 is 14.2 Å². The van der Waals surface area contributed by atoms with Crippen molar-refractivity contribution < 1.29 is 14.2 Å². The van der Waals surface area contributed by atoms with Crippen LogP contribution in [0.4, 0.5) is 0 Å². The standard InChI is InChI=1S/C18H34O3/c1-4-6-10-16(14-17(19-3)11-7-5-2)15-21-18-12-8-9-13-20-18/h14,17-18H,4-13,15H2,1-3H3/b16-14-. The Labute approximate surface area is 131 Å². The topological polar surface area (TPSA) is 27.7 Å². The third-order valence-electron chi connectivity index (χ3n) is 4.01. The van der Waals surface area contributed by atoms with E-state index in [0.29, 0.717) is 6.61 Å². The van der Waals surface area contributed by atoms with Crippen LogP contribution in [0.5, 0.6) is 0 Å². The van der Waals surface area contributed by atoms with Crippen LogP contribution in [-0.4, -0.2) is 32.7 Å². The van der Waals surface area contributed by atoms with Gasteiger partial charge in [-0.2, -0.15) is 0 Å². The Hall–Kier alpha value is -0.380. The van der Waals surface area contributed by atoms with Crippen molar-refractivity contribution in [3.05, 3.63) is 11.6 Å². The zero-order valence-electron chi connectivity index (χ0n) is 14.2. The van der Waals surface area contributed by atoms with Crippen molar-refractivity contribution in [2.75, 3.05) is 20.3 Å². The van der Waals surface area contributed by atoms with E-state index in [4.69, 9.17) is 14.2 Å². The molecular formula is C18H34O3.